The quantitative estimate of drug-likeness (QED) is 0.632. The summed E-state index contributed by atoms with van der Waals surface area (Å²) >= 11 is 11.5. The molecule has 6 nitrogen and oxygen atoms in total. The summed E-state index contributed by atoms with van der Waals surface area (Å²) in [4.78, 5) is 1.51. The Balaban J connectivity index is 2.32. The Morgan fingerprint density at radius 3 is 2.50 bits per heavy atom. The third kappa shape index (κ3) is 3.82. The molecule has 0 spiro atoms. The van der Waals surface area contributed by atoms with Gasteiger partial charge in [0.2, 0.25) is 0 Å². The molecule has 1 heterocycles. The molecule has 2 aromatic rings. The minimum absolute atomic E-state index is 0.0596. The van der Waals surface area contributed by atoms with Gasteiger partial charge in [-0.2, -0.15) is 31.8 Å². The van der Waals surface area contributed by atoms with Gasteiger partial charge in [-0.3, -0.25) is 4.68 Å². The number of aryl methyl sites for hydroxylation is 1. The first kappa shape index (κ1) is 18.6. The van der Waals surface area contributed by atoms with Gasteiger partial charge in [-0.1, -0.05) is 35.3 Å². The molecular weight excluding hydrogens is 392 g/mol. The predicted octanol–water partition coefficient (Wildman–Crippen LogP) is 3.06. The molecule has 24 heavy (non-hydrogen) atoms. The van der Waals surface area contributed by atoms with Gasteiger partial charge in [0.15, 0.2) is 5.69 Å². The van der Waals surface area contributed by atoms with Crippen LogP contribution in [0.4, 0.5) is 13.2 Å². The molecule has 0 aliphatic rings. The van der Waals surface area contributed by atoms with E-state index in [0.717, 1.165) is 4.68 Å². The molecule has 1 aromatic carbocycles. The largest absolute Gasteiger partial charge is 0.435 e. The lowest BCUT2D eigenvalue weighted by molar-refractivity contribution is -0.141. The van der Waals surface area contributed by atoms with E-state index in [4.69, 9.17) is 23.2 Å². The van der Waals surface area contributed by atoms with E-state index in [0.29, 0.717) is 6.21 Å². The minimum atomic E-state index is -4.77. The highest BCUT2D eigenvalue weighted by Gasteiger charge is 2.38. The number of alkyl halides is 3. The summed E-state index contributed by atoms with van der Waals surface area (Å²) in [5, 5.41) is 6.15. The average molecular weight is 401 g/mol. The lowest BCUT2D eigenvalue weighted by Gasteiger charge is -2.05. The lowest BCUT2D eigenvalue weighted by Crippen LogP contribution is -2.19. The van der Waals surface area contributed by atoms with Crippen LogP contribution in [0.25, 0.3) is 0 Å². The van der Waals surface area contributed by atoms with Crippen molar-refractivity contribution in [2.45, 2.75) is 11.1 Å². The van der Waals surface area contributed by atoms with Gasteiger partial charge in [0.05, 0.1) is 16.8 Å². The summed E-state index contributed by atoms with van der Waals surface area (Å²) in [6, 6.07) is 5.53. The van der Waals surface area contributed by atoms with Gasteiger partial charge in [0, 0.05) is 7.05 Å². The zero-order chi connectivity index (χ0) is 18.1. The van der Waals surface area contributed by atoms with Gasteiger partial charge in [0.1, 0.15) is 10.0 Å². The van der Waals surface area contributed by atoms with Gasteiger partial charge in [0.25, 0.3) is 10.0 Å². The summed E-state index contributed by atoms with van der Waals surface area (Å²) in [6.07, 6.45) is -4.14. The fourth-order valence-corrected chi connectivity index (χ4v) is 3.20. The zero-order valence-electron chi connectivity index (χ0n) is 11.8. The van der Waals surface area contributed by atoms with Crippen molar-refractivity contribution in [2.24, 2.45) is 12.1 Å². The Bertz CT molecular complexity index is 894. The molecule has 2 rings (SSSR count). The maximum absolute atomic E-state index is 12.9. The van der Waals surface area contributed by atoms with E-state index in [1.807, 2.05) is 0 Å². The number of benzene rings is 1. The number of hydrogen-bond donors (Lipinski definition) is 1. The van der Waals surface area contributed by atoms with Crippen LogP contribution in [0, 0.1) is 0 Å². The van der Waals surface area contributed by atoms with Crippen LogP contribution in [0.5, 0.6) is 0 Å². The van der Waals surface area contributed by atoms with Crippen LogP contribution in [0.3, 0.4) is 0 Å². The van der Waals surface area contributed by atoms with Crippen LogP contribution >= 0.6 is 23.2 Å². The first-order chi connectivity index (χ1) is 11.0. The molecule has 0 fully saturated rings. The fraction of sp³-hybridized carbons (Fsp3) is 0.167. The molecule has 0 radical (unpaired) electrons. The first-order valence-corrected chi connectivity index (χ1v) is 8.37. The molecule has 1 N–H and O–H groups in total. The Kier molecular flexibility index (Phi) is 5.11. The van der Waals surface area contributed by atoms with Crippen LogP contribution in [0.2, 0.25) is 10.2 Å². The number of hydrogen-bond acceptors (Lipinski definition) is 4. The first-order valence-electron chi connectivity index (χ1n) is 6.13. The van der Waals surface area contributed by atoms with Crippen LogP contribution in [-0.2, 0) is 23.2 Å². The highest BCUT2D eigenvalue weighted by molar-refractivity contribution is 7.89. The summed E-state index contributed by atoms with van der Waals surface area (Å²) < 4.78 is 63.5. The highest BCUT2D eigenvalue weighted by Crippen LogP contribution is 2.33. The SMILES string of the molecule is Cn1nc(C(F)(F)F)c(/C=N/NS(=O)(=O)c2ccccc2Cl)c1Cl. The van der Waals surface area contributed by atoms with Gasteiger partial charge in [-0.05, 0) is 12.1 Å². The molecule has 0 aliphatic heterocycles. The van der Waals surface area contributed by atoms with Crippen LogP contribution < -0.4 is 4.83 Å². The van der Waals surface area contributed by atoms with E-state index in [2.05, 4.69) is 10.2 Å². The molecule has 0 unspecified atom stereocenters. The van der Waals surface area contributed by atoms with Crippen molar-refractivity contribution in [1.82, 2.24) is 14.6 Å². The summed E-state index contributed by atoms with van der Waals surface area (Å²) in [5.74, 6) is 0. The van der Waals surface area contributed by atoms with Crippen molar-refractivity contribution in [3.8, 4) is 0 Å². The fourth-order valence-electron chi connectivity index (χ4n) is 1.72. The second-order valence-electron chi connectivity index (χ2n) is 4.46. The zero-order valence-corrected chi connectivity index (χ0v) is 14.2. The Morgan fingerprint density at radius 1 is 1.29 bits per heavy atom. The van der Waals surface area contributed by atoms with Crippen molar-refractivity contribution in [3.05, 3.63) is 45.7 Å². The van der Waals surface area contributed by atoms with Crippen molar-refractivity contribution in [3.63, 3.8) is 0 Å². The van der Waals surface area contributed by atoms with E-state index in [9.17, 15) is 21.6 Å². The number of nitrogens with zero attached hydrogens (tertiary/aromatic N) is 3. The molecule has 0 saturated heterocycles. The van der Waals surface area contributed by atoms with E-state index < -0.39 is 27.5 Å². The van der Waals surface area contributed by atoms with Crippen molar-refractivity contribution in [1.29, 1.82) is 0 Å². The highest BCUT2D eigenvalue weighted by atomic mass is 35.5. The summed E-state index contributed by atoms with van der Waals surface area (Å²) in [5.41, 5.74) is -1.84. The van der Waals surface area contributed by atoms with Crippen molar-refractivity contribution < 1.29 is 21.6 Å². The van der Waals surface area contributed by atoms with Gasteiger partial charge >= 0.3 is 6.18 Å². The standard InChI is InChI=1S/C12H9Cl2F3N4O2S/c1-21-11(14)7(10(19-21)12(15,16)17)6-18-20-24(22,23)9-5-3-2-4-8(9)13/h2-6,20H,1H3/b18-6+. The molecular formula is C12H9Cl2F3N4O2S. The smallest absolute Gasteiger partial charge is 0.256 e. The van der Waals surface area contributed by atoms with Gasteiger partial charge in [-0.15, -0.1) is 0 Å². The molecule has 0 bridgehead atoms. The number of aromatic nitrogens is 2. The third-order valence-electron chi connectivity index (χ3n) is 2.77. The van der Waals surface area contributed by atoms with Crippen LogP contribution in [-0.4, -0.2) is 24.4 Å². The maximum Gasteiger partial charge on any atom is 0.435 e. The minimum Gasteiger partial charge on any atom is -0.256 e. The van der Waals surface area contributed by atoms with E-state index in [1.54, 1.807) is 4.83 Å². The lowest BCUT2D eigenvalue weighted by atomic mass is 10.2. The second-order valence-corrected chi connectivity index (χ2v) is 6.85. The number of sulfonamides is 1. The molecule has 12 heteroatoms. The number of hydrazone groups is 1. The van der Waals surface area contributed by atoms with E-state index >= 15 is 0 Å². The number of halogens is 5. The Labute approximate surface area is 144 Å². The van der Waals surface area contributed by atoms with Crippen LogP contribution in [0.15, 0.2) is 34.3 Å². The molecule has 130 valence electrons. The van der Waals surface area contributed by atoms with E-state index in [-0.39, 0.29) is 15.1 Å². The summed E-state index contributed by atoms with van der Waals surface area (Å²) in [7, 11) is -2.94. The van der Waals surface area contributed by atoms with Gasteiger partial charge in [-0.25, -0.2) is 4.83 Å². The molecule has 0 saturated carbocycles. The Hall–Kier alpha value is -1.78. The normalized spacial score (nSPS) is 12.8. The summed E-state index contributed by atoms with van der Waals surface area (Å²) in [6.45, 7) is 0. The number of rotatable bonds is 4. The number of nitrogens with one attached hydrogen (secondary N) is 1. The van der Waals surface area contributed by atoms with Crippen molar-refractivity contribution in [2.75, 3.05) is 0 Å². The van der Waals surface area contributed by atoms with Gasteiger partial charge < -0.3 is 0 Å². The van der Waals surface area contributed by atoms with Crippen LogP contribution in [0.1, 0.15) is 11.3 Å². The Morgan fingerprint density at radius 2 is 1.92 bits per heavy atom. The second kappa shape index (κ2) is 6.61. The molecule has 0 amide bonds. The van der Waals surface area contributed by atoms with E-state index in [1.165, 1.54) is 31.3 Å². The average Bonchev–Trinajstić information content (AvgIpc) is 2.75. The predicted molar refractivity (Wildman–Crippen MR) is 82.6 cm³/mol. The monoisotopic (exact) mass is 400 g/mol. The molecule has 0 atom stereocenters. The van der Waals surface area contributed by atoms with Crippen molar-refractivity contribution >= 4 is 39.4 Å². The topological polar surface area (TPSA) is 76.3 Å². The third-order valence-corrected chi connectivity index (χ3v) is 4.94. The molecule has 1 aromatic heterocycles. The maximum atomic E-state index is 12.9. The molecule has 0 aliphatic carbocycles.